The number of aromatic nitrogens is 2. The molecule has 1 fully saturated rings. The van der Waals surface area contributed by atoms with Crippen molar-refractivity contribution in [2.45, 2.75) is 18.9 Å². The molecule has 8 heteroatoms. The molecule has 0 amide bonds. The van der Waals surface area contributed by atoms with Crippen LogP contribution >= 0.6 is 0 Å². The van der Waals surface area contributed by atoms with Gasteiger partial charge in [-0.3, -0.25) is 9.20 Å². The van der Waals surface area contributed by atoms with Gasteiger partial charge in [-0.05, 0) is 44.1 Å². The van der Waals surface area contributed by atoms with Gasteiger partial charge in [-0.1, -0.05) is 0 Å². The Bertz CT molecular complexity index is 1090. The zero-order chi connectivity index (χ0) is 20.4. The lowest BCUT2D eigenvalue weighted by Gasteiger charge is -2.24. The highest BCUT2D eigenvalue weighted by Crippen LogP contribution is 2.31. The van der Waals surface area contributed by atoms with Gasteiger partial charge in [0.2, 0.25) is 0 Å². The number of benzene rings is 1. The van der Waals surface area contributed by atoms with Crippen LogP contribution in [-0.4, -0.2) is 42.7 Å². The number of methoxy groups -OCH3 is 2. The van der Waals surface area contributed by atoms with Gasteiger partial charge in [0.05, 0.1) is 25.6 Å². The Hall–Kier alpha value is -3.13. The van der Waals surface area contributed by atoms with E-state index < -0.39 is 5.82 Å². The molecule has 7 nitrogen and oxygen atoms in total. The molecular formula is C21H23FN4O3. The van der Waals surface area contributed by atoms with E-state index in [0.717, 1.165) is 25.9 Å². The van der Waals surface area contributed by atoms with E-state index in [2.05, 4.69) is 15.6 Å². The van der Waals surface area contributed by atoms with E-state index in [1.165, 1.54) is 23.6 Å². The quantitative estimate of drug-likeness (QED) is 0.688. The monoisotopic (exact) mass is 398 g/mol. The average molecular weight is 398 g/mol. The van der Waals surface area contributed by atoms with Crippen molar-refractivity contribution in [1.29, 1.82) is 0 Å². The van der Waals surface area contributed by atoms with Crippen molar-refractivity contribution in [2.75, 3.05) is 32.6 Å². The fraction of sp³-hybridized carbons (Fsp3) is 0.333. The minimum absolute atomic E-state index is 0.0156. The van der Waals surface area contributed by atoms with Crippen molar-refractivity contribution >= 4 is 11.3 Å². The van der Waals surface area contributed by atoms with Crippen LogP contribution in [0.5, 0.6) is 11.5 Å². The minimum Gasteiger partial charge on any atom is -0.493 e. The summed E-state index contributed by atoms with van der Waals surface area (Å²) < 4.78 is 26.6. The third kappa shape index (κ3) is 3.88. The summed E-state index contributed by atoms with van der Waals surface area (Å²) in [5, 5.41) is 6.61. The Kier molecular flexibility index (Phi) is 5.35. The molecule has 0 unspecified atom stereocenters. The highest BCUT2D eigenvalue weighted by atomic mass is 19.1. The van der Waals surface area contributed by atoms with Gasteiger partial charge in [-0.2, -0.15) is 0 Å². The summed E-state index contributed by atoms with van der Waals surface area (Å²) in [7, 11) is 3.07. The first kappa shape index (κ1) is 19.2. The standard InChI is InChI=1S/C21H23FN4O3/c1-28-18-4-3-13(9-19(18)29-2)17-11-20(27)26-12-15(10-16(22)21(26)25-17)24-14-5-7-23-8-6-14/h3-4,9-12,14,23-24H,5-8H2,1-2H3. The molecule has 152 valence electrons. The van der Waals surface area contributed by atoms with E-state index in [1.54, 1.807) is 31.5 Å². The summed E-state index contributed by atoms with van der Waals surface area (Å²) in [5.41, 5.74) is 1.21. The van der Waals surface area contributed by atoms with Crippen LogP contribution in [0.4, 0.5) is 10.1 Å². The van der Waals surface area contributed by atoms with E-state index in [-0.39, 0.29) is 17.2 Å². The average Bonchev–Trinajstić information content (AvgIpc) is 2.74. The Morgan fingerprint density at radius 2 is 1.90 bits per heavy atom. The first-order valence-corrected chi connectivity index (χ1v) is 9.51. The number of hydrogen-bond acceptors (Lipinski definition) is 6. The second-order valence-corrected chi connectivity index (χ2v) is 6.99. The van der Waals surface area contributed by atoms with Crippen LogP contribution in [-0.2, 0) is 0 Å². The van der Waals surface area contributed by atoms with Crippen molar-refractivity contribution < 1.29 is 13.9 Å². The number of nitrogens with one attached hydrogen (secondary N) is 2. The lowest BCUT2D eigenvalue weighted by atomic mass is 10.1. The molecule has 2 N–H and O–H groups in total. The van der Waals surface area contributed by atoms with Crippen molar-refractivity contribution in [3.63, 3.8) is 0 Å². The Labute approximate surface area is 167 Å². The molecular weight excluding hydrogens is 375 g/mol. The van der Waals surface area contributed by atoms with Gasteiger partial charge in [-0.25, -0.2) is 9.37 Å². The lowest BCUT2D eigenvalue weighted by Crippen LogP contribution is -2.35. The molecule has 29 heavy (non-hydrogen) atoms. The van der Waals surface area contributed by atoms with Crippen molar-refractivity contribution in [2.24, 2.45) is 0 Å². The molecule has 3 heterocycles. The van der Waals surface area contributed by atoms with E-state index in [0.29, 0.717) is 28.4 Å². The SMILES string of the molecule is COc1ccc(-c2cc(=O)n3cc(NC4CCNCC4)cc(F)c3n2)cc1OC. The first-order valence-electron chi connectivity index (χ1n) is 9.51. The number of anilines is 1. The molecule has 0 bridgehead atoms. The highest BCUT2D eigenvalue weighted by molar-refractivity contribution is 5.66. The summed E-state index contributed by atoms with van der Waals surface area (Å²) in [6.45, 7) is 1.84. The number of rotatable bonds is 5. The number of nitrogens with zero attached hydrogens (tertiary/aromatic N) is 2. The smallest absolute Gasteiger partial charge is 0.258 e. The summed E-state index contributed by atoms with van der Waals surface area (Å²) in [6, 6.07) is 8.22. The third-order valence-corrected chi connectivity index (χ3v) is 5.11. The maximum Gasteiger partial charge on any atom is 0.258 e. The lowest BCUT2D eigenvalue weighted by molar-refractivity contribution is 0.355. The van der Waals surface area contributed by atoms with Gasteiger partial charge in [0.15, 0.2) is 23.0 Å². The van der Waals surface area contributed by atoms with Crippen LogP contribution in [0.15, 0.2) is 41.3 Å². The second kappa shape index (κ2) is 8.08. The molecule has 3 aromatic rings. The number of ether oxygens (including phenoxy) is 2. The fourth-order valence-corrected chi connectivity index (χ4v) is 3.59. The van der Waals surface area contributed by atoms with Gasteiger partial charge >= 0.3 is 0 Å². The molecule has 0 saturated carbocycles. The molecule has 2 aromatic heterocycles. The summed E-state index contributed by atoms with van der Waals surface area (Å²) in [4.78, 5) is 17.1. The predicted octanol–water partition coefficient (Wildman–Crippen LogP) is 2.68. The molecule has 1 aliphatic rings. The molecule has 0 aliphatic carbocycles. The van der Waals surface area contributed by atoms with E-state index in [4.69, 9.17) is 9.47 Å². The maximum atomic E-state index is 14.8. The van der Waals surface area contributed by atoms with Crippen LogP contribution in [0.2, 0.25) is 0 Å². The first-order chi connectivity index (χ1) is 14.1. The molecule has 1 saturated heterocycles. The van der Waals surface area contributed by atoms with E-state index >= 15 is 0 Å². The Morgan fingerprint density at radius 1 is 1.14 bits per heavy atom. The van der Waals surface area contributed by atoms with Gasteiger partial charge in [0, 0.05) is 29.9 Å². The summed E-state index contributed by atoms with van der Waals surface area (Å²) in [6.07, 6.45) is 3.50. The summed E-state index contributed by atoms with van der Waals surface area (Å²) in [5.74, 6) is 0.519. The van der Waals surface area contributed by atoms with Gasteiger partial charge in [-0.15, -0.1) is 0 Å². The van der Waals surface area contributed by atoms with Crippen LogP contribution in [0.25, 0.3) is 16.9 Å². The normalized spacial score (nSPS) is 14.7. The molecule has 1 aromatic carbocycles. The zero-order valence-electron chi connectivity index (χ0n) is 16.4. The van der Waals surface area contributed by atoms with Crippen LogP contribution < -0.4 is 25.7 Å². The van der Waals surface area contributed by atoms with Gasteiger partial charge in [0.25, 0.3) is 5.56 Å². The molecule has 0 radical (unpaired) electrons. The topological polar surface area (TPSA) is 76.9 Å². The number of fused-ring (bicyclic) bond motifs is 1. The van der Waals surface area contributed by atoms with Crippen molar-refractivity contribution in [3.05, 3.63) is 52.7 Å². The molecule has 4 rings (SSSR count). The number of halogens is 1. The van der Waals surface area contributed by atoms with Crippen molar-refractivity contribution in [1.82, 2.24) is 14.7 Å². The molecule has 0 atom stereocenters. The van der Waals surface area contributed by atoms with Crippen LogP contribution in [0.1, 0.15) is 12.8 Å². The largest absolute Gasteiger partial charge is 0.493 e. The Morgan fingerprint density at radius 3 is 2.62 bits per heavy atom. The van der Waals surface area contributed by atoms with Gasteiger partial charge < -0.3 is 20.1 Å². The fourth-order valence-electron chi connectivity index (χ4n) is 3.59. The molecule has 1 aliphatic heterocycles. The van der Waals surface area contributed by atoms with Gasteiger partial charge in [0.1, 0.15) is 0 Å². The number of piperidine rings is 1. The van der Waals surface area contributed by atoms with E-state index in [9.17, 15) is 9.18 Å². The third-order valence-electron chi connectivity index (χ3n) is 5.11. The summed E-state index contributed by atoms with van der Waals surface area (Å²) >= 11 is 0. The number of pyridine rings is 1. The van der Waals surface area contributed by atoms with Crippen molar-refractivity contribution in [3.8, 4) is 22.8 Å². The second-order valence-electron chi connectivity index (χ2n) is 6.99. The predicted molar refractivity (Wildman–Crippen MR) is 109 cm³/mol. The minimum atomic E-state index is -0.552. The highest BCUT2D eigenvalue weighted by Gasteiger charge is 2.16. The molecule has 0 spiro atoms. The van der Waals surface area contributed by atoms with E-state index in [1.807, 2.05) is 0 Å². The zero-order valence-corrected chi connectivity index (χ0v) is 16.4. The van der Waals surface area contributed by atoms with Crippen LogP contribution in [0, 0.1) is 5.82 Å². The van der Waals surface area contributed by atoms with Crippen LogP contribution in [0.3, 0.4) is 0 Å². The maximum absolute atomic E-state index is 14.8. The number of hydrogen-bond donors (Lipinski definition) is 2. The Balaban J connectivity index is 1.73.